The number of ether oxygens (including phenoxy) is 1. The van der Waals surface area contributed by atoms with Crippen LogP contribution < -0.4 is 4.74 Å². The number of aromatic nitrogens is 2. The van der Waals surface area contributed by atoms with Gasteiger partial charge in [-0.05, 0) is 18.2 Å². The fourth-order valence-corrected chi connectivity index (χ4v) is 1.72. The average Bonchev–Trinajstić information content (AvgIpc) is 2.68. The third kappa shape index (κ3) is 2.02. The highest BCUT2D eigenvalue weighted by atomic mass is 16.5. The fourth-order valence-electron chi connectivity index (χ4n) is 1.72. The summed E-state index contributed by atoms with van der Waals surface area (Å²) in [4.78, 5) is 12.2. The predicted octanol–water partition coefficient (Wildman–Crippen LogP) is 2.80. The fraction of sp³-hybridized carbons (Fsp3) is 0.385. The van der Waals surface area contributed by atoms with Crippen LogP contribution in [0.2, 0.25) is 0 Å². The summed E-state index contributed by atoms with van der Waals surface area (Å²) in [7, 11) is 1.56. The summed E-state index contributed by atoms with van der Waals surface area (Å²) in [6.45, 7) is 5.73. The summed E-state index contributed by atoms with van der Waals surface area (Å²) >= 11 is 0. The molecule has 0 aliphatic carbocycles. The summed E-state index contributed by atoms with van der Waals surface area (Å²) in [5.41, 5.74) is 1.17. The third-order valence-electron chi connectivity index (χ3n) is 2.66. The smallest absolute Gasteiger partial charge is 0.240 e. The number of carbonyl (C=O) groups is 1. The van der Waals surface area contributed by atoms with Crippen molar-refractivity contribution in [2.75, 3.05) is 7.11 Å². The number of rotatable bonds is 2. The van der Waals surface area contributed by atoms with Gasteiger partial charge >= 0.3 is 0 Å². The number of fused-ring (bicyclic) bond motifs is 1. The van der Waals surface area contributed by atoms with E-state index in [-0.39, 0.29) is 11.2 Å². The molecule has 0 aliphatic heterocycles. The molecule has 0 amide bonds. The van der Waals surface area contributed by atoms with Crippen LogP contribution in [0.15, 0.2) is 18.2 Å². The zero-order chi connectivity index (χ0) is 12.6. The number of methoxy groups -OCH3 is 1. The van der Waals surface area contributed by atoms with Crippen molar-refractivity contribution < 1.29 is 9.53 Å². The lowest BCUT2D eigenvalue weighted by Crippen LogP contribution is -2.19. The van der Waals surface area contributed by atoms with Crippen LogP contribution in [0.5, 0.6) is 5.88 Å². The van der Waals surface area contributed by atoms with Gasteiger partial charge in [-0.3, -0.25) is 9.89 Å². The quantitative estimate of drug-likeness (QED) is 0.810. The first kappa shape index (κ1) is 11.6. The van der Waals surface area contributed by atoms with Crippen molar-refractivity contribution in [3.63, 3.8) is 0 Å². The lowest BCUT2D eigenvalue weighted by molar-refractivity contribution is 0.0858. The molecule has 1 aromatic carbocycles. The molecule has 90 valence electrons. The van der Waals surface area contributed by atoms with Crippen LogP contribution in [0, 0.1) is 5.41 Å². The van der Waals surface area contributed by atoms with Crippen molar-refractivity contribution in [3.8, 4) is 5.88 Å². The first-order valence-corrected chi connectivity index (χ1v) is 5.50. The number of nitrogens with zero attached hydrogens (tertiary/aromatic N) is 1. The molecule has 17 heavy (non-hydrogen) atoms. The Morgan fingerprint density at radius 1 is 1.35 bits per heavy atom. The van der Waals surface area contributed by atoms with Crippen LogP contribution in [0.25, 0.3) is 10.9 Å². The van der Waals surface area contributed by atoms with Gasteiger partial charge in [-0.1, -0.05) is 20.8 Å². The van der Waals surface area contributed by atoms with Gasteiger partial charge in [0.05, 0.1) is 18.0 Å². The highest BCUT2D eigenvalue weighted by molar-refractivity contribution is 6.03. The van der Waals surface area contributed by atoms with E-state index in [0.717, 1.165) is 10.9 Å². The second-order valence-corrected chi connectivity index (χ2v) is 5.07. The minimum absolute atomic E-state index is 0.114. The topological polar surface area (TPSA) is 55.0 Å². The van der Waals surface area contributed by atoms with Crippen LogP contribution >= 0.6 is 0 Å². The van der Waals surface area contributed by atoms with Crippen LogP contribution in [0.4, 0.5) is 0 Å². The first-order valence-electron chi connectivity index (χ1n) is 5.50. The standard InChI is InChI=1S/C13H16N2O2/c1-13(2,3)11(16)8-5-6-10-9(7-8)12(17-4)15-14-10/h5-7H,1-4H3,(H,14,15). The van der Waals surface area contributed by atoms with Crippen molar-refractivity contribution in [2.24, 2.45) is 5.41 Å². The Bertz CT molecular complexity index is 564. The Kier molecular flexibility index (Phi) is 2.65. The van der Waals surface area contributed by atoms with E-state index in [1.165, 1.54) is 0 Å². The number of carbonyl (C=O) groups excluding carboxylic acids is 1. The van der Waals surface area contributed by atoms with Crippen molar-refractivity contribution in [3.05, 3.63) is 23.8 Å². The molecule has 4 nitrogen and oxygen atoms in total. The summed E-state index contributed by atoms with van der Waals surface area (Å²) < 4.78 is 5.13. The maximum absolute atomic E-state index is 12.2. The Balaban J connectivity index is 2.54. The van der Waals surface area contributed by atoms with Gasteiger partial charge < -0.3 is 4.74 Å². The molecule has 0 radical (unpaired) electrons. The normalized spacial score (nSPS) is 11.8. The van der Waals surface area contributed by atoms with Gasteiger partial charge in [0, 0.05) is 11.0 Å². The minimum atomic E-state index is -0.384. The summed E-state index contributed by atoms with van der Waals surface area (Å²) in [5, 5.41) is 7.71. The van der Waals surface area contributed by atoms with E-state index in [9.17, 15) is 4.79 Å². The van der Waals surface area contributed by atoms with E-state index in [4.69, 9.17) is 4.74 Å². The van der Waals surface area contributed by atoms with E-state index in [0.29, 0.717) is 11.4 Å². The number of hydrogen-bond acceptors (Lipinski definition) is 3. The highest BCUT2D eigenvalue weighted by Gasteiger charge is 2.23. The Labute approximate surface area is 100.0 Å². The second-order valence-electron chi connectivity index (χ2n) is 5.07. The average molecular weight is 232 g/mol. The molecule has 1 heterocycles. The molecule has 4 heteroatoms. The van der Waals surface area contributed by atoms with E-state index in [2.05, 4.69) is 10.2 Å². The maximum atomic E-state index is 12.2. The summed E-state index contributed by atoms with van der Waals surface area (Å²) in [6, 6.07) is 5.49. The molecule has 1 aromatic heterocycles. The zero-order valence-electron chi connectivity index (χ0n) is 10.5. The largest absolute Gasteiger partial charge is 0.480 e. The number of H-pyrrole nitrogens is 1. The molecule has 1 N–H and O–H groups in total. The van der Waals surface area contributed by atoms with Gasteiger partial charge in [0.1, 0.15) is 0 Å². The molecule has 0 saturated heterocycles. The molecule has 2 aromatic rings. The first-order chi connectivity index (χ1) is 7.93. The number of nitrogens with one attached hydrogen (secondary N) is 1. The number of ketones is 1. The molecule has 0 unspecified atom stereocenters. The van der Waals surface area contributed by atoms with E-state index in [1.807, 2.05) is 39.0 Å². The van der Waals surface area contributed by atoms with E-state index < -0.39 is 0 Å². The number of aromatic amines is 1. The van der Waals surface area contributed by atoms with Crippen molar-refractivity contribution >= 4 is 16.7 Å². The van der Waals surface area contributed by atoms with Gasteiger partial charge in [0.15, 0.2) is 5.78 Å². The number of benzene rings is 1. The molecule has 0 aliphatic rings. The van der Waals surface area contributed by atoms with E-state index >= 15 is 0 Å². The highest BCUT2D eigenvalue weighted by Crippen LogP contribution is 2.27. The van der Waals surface area contributed by atoms with Gasteiger partial charge in [-0.2, -0.15) is 0 Å². The van der Waals surface area contributed by atoms with Crippen molar-refractivity contribution in [1.29, 1.82) is 0 Å². The molecule has 0 bridgehead atoms. The molecule has 0 spiro atoms. The Morgan fingerprint density at radius 3 is 2.65 bits per heavy atom. The molecule has 2 rings (SSSR count). The second kappa shape index (κ2) is 3.87. The third-order valence-corrected chi connectivity index (χ3v) is 2.66. The zero-order valence-corrected chi connectivity index (χ0v) is 10.5. The van der Waals surface area contributed by atoms with Crippen LogP contribution in [0.1, 0.15) is 31.1 Å². The van der Waals surface area contributed by atoms with Crippen molar-refractivity contribution in [1.82, 2.24) is 10.2 Å². The van der Waals surface area contributed by atoms with Gasteiger partial charge in [0.25, 0.3) is 0 Å². The van der Waals surface area contributed by atoms with E-state index in [1.54, 1.807) is 7.11 Å². The maximum Gasteiger partial charge on any atom is 0.240 e. The van der Waals surface area contributed by atoms with Gasteiger partial charge in [-0.25, -0.2) is 0 Å². The molecular formula is C13H16N2O2. The Hall–Kier alpha value is -1.84. The molecule has 0 atom stereocenters. The lowest BCUT2D eigenvalue weighted by Gasteiger charge is -2.16. The lowest BCUT2D eigenvalue weighted by atomic mass is 9.86. The van der Waals surface area contributed by atoms with Crippen LogP contribution in [-0.2, 0) is 0 Å². The SMILES string of the molecule is COc1n[nH]c2ccc(C(=O)C(C)(C)C)cc12. The monoisotopic (exact) mass is 232 g/mol. The molecule has 0 saturated carbocycles. The van der Waals surface area contributed by atoms with Gasteiger partial charge in [-0.15, -0.1) is 5.10 Å². The van der Waals surface area contributed by atoms with Gasteiger partial charge in [0.2, 0.25) is 5.88 Å². The summed E-state index contributed by atoms with van der Waals surface area (Å²) in [6.07, 6.45) is 0. The minimum Gasteiger partial charge on any atom is -0.480 e. The number of hydrogen-bond donors (Lipinski definition) is 1. The molecular weight excluding hydrogens is 216 g/mol. The Morgan fingerprint density at radius 2 is 2.06 bits per heavy atom. The van der Waals surface area contributed by atoms with Crippen LogP contribution in [-0.4, -0.2) is 23.1 Å². The number of Topliss-reactive ketones (excluding diaryl/α,β-unsaturated/α-hetero) is 1. The molecule has 0 fully saturated rings. The van der Waals surface area contributed by atoms with Crippen molar-refractivity contribution in [2.45, 2.75) is 20.8 Å². The van der Waals surface area contributed by atoms with Crippen LogP contribution in [0.3, 0.4) is 0 Å². The predicted molar refractivity (Wildman–Crippen MR) is 66.4 cm³/mol. The summed E-state index contributed by atoms with van der Waals surface area (Å²) in [5.74, 6) is 0.631.